The molecule has 0 saturated carbocycles. The summed E-state index contributed by atoms with van der Waals surface area (Å²) in [6, 6.07) is 5.98. The molecule has 168 valence electrons. The van der Waals surface area contributed by atoms with Gasteiger partial charge in [-0.3, -0.25) is 9.48 Å². The average molecular weight is 439 g/mol. The maximum absolute atomic E-state index is 12.3. The molecule has 0 unspecified atom stereocenters. The van der Waals surface area contributed by atoms with Gasteiger partial charge in [0.15, 0.2) is 11.5 Å². The molecular formula is C22H25N5O5. The second-order valence-corrected chi connectivity index (χ2v) is 6.58. The van der Waals surface area contributed by atoms with Crippen LogP contribution in [0.2, 0.25) is 0 Å². The molecule has 0 saturated heterocycles. The number of carbonyl (C=O) groups excluding carboxylic acids is 1. The first-order valence-electron chi connectivity index (χ1n) is 9.73. The molecular weight excluding hydrogens is 414 g/mol. The number of benzene rings is 1. The summed E-state index contributed by atoms with van der Waals surface area (Å²) in [6.07, 6.45) is 8.55. The largest absolute Gasteiger partial charge is 0.493 e. The van der Waals surface area contributed by atoms with Crippen molar-refractivity contribution in [2.75, 3.05) is 33.8 Å². The Hall–Kier alpha value is -4.08. The standard InChI is InChI=1S/C22H25N5O5/c1-29-18-7-5-15(11-19(18)30-2)9-10-27-14-17(13-24-27)25-20(28)8-6-16-12-23-22(32-4)26-21(16)31-3/h5-8,11-14H,9-10H2,1-4H3,(H,25,28). The van der Waals surface area contributed by atoms with Gasteiger partial charge in [-0.15, -0.1) is 0 Å². The van der Waals surface area contributed by atoms with E-state index in [1.165, 1.54) is 26.5 Å². The highest BCUT2D eigenvalue weighted by Gasteiger charge is 2.08. The van der Waals surface area contributed by atoms with Crippen LogP contribution in [-0.4, -0.2) is 54.1 Å². The number of anilines is 1. The summed E-state index contributed by atoms with van der Waals surface area (Å²) in [5.41, 5.74) is 2.22. The molecule has 32 heavy (non-hydrogen) atoms. The minimum Gasteiger partial charge on any atom is -0.493 e. The molecule has 0 aliphatic carbocycles. The van der Waals surface area contributed by atoms with Crippen molar-refractivity contribution in [2.45, 2.75) is 13.0 Å². The van der Waals surface area contributed by atoms with Crippen LogP contribution in [0.1, 0.15) is 11.1 Å². The zero-order valence-corrected chi connectivity index (χ0v) is 18.4. The van der Waals surface area contributed by atoms with Gasteiger partial charge < -0.3 is 24.3 Å². The third-order valence-corrected chi connectivity index (χ3v) is 4.53. The van der Waals surface area contributed by atoms with Crippen LogP contribution in [0.15, 0.2) is 42.9 Å². The van der Waals surface area contributed by atoms with Crippen molar-refractivity contribution in [3.8, 4) is 23.4 Å². The van der Waals surface area contributed by atoms with Gasteiger partial charge in [0.05, 0.1) is 45.9 Å². The molecule has 0 aliphatic rings. The van der Waals surface area contributed by atoms with Crippen molar-refractivity contribution in [1.29, 1.82) is 0 Å². The number of amides is 1. The van der Waals surface area contributed by atoms with Gasteiger partial charge in [-0.2, -0.15) is 10.1 Å². The SMILES string of the molecule is COc1ncc(C=CC(=O)Nc2cnn(CCc3ccc(OC)c(OC)c3)c2)c(OC)n1. The van der Waals surface area contributed by atoms with E-state index in [1.54, 1.807) is 37.4 Å². The number of carbonyl (C=O) groups is 1. The van der Waals surface area contributed by atoms with Gasteiger partial charge in [-0.05, 0) is 30.2 Å². The van der Waals surface area contributed by atoms with Gasteiger partial charge in [0, 0.05) is 25.0 Å². The lowest BCUT2D eigenvalue weighted by Crippen LogP contribution is -2.07. The quantitative estimate of drug-likeness (QED) is 0.480. The Labute approximate surface area is 185 Å². The lowest BCUT2D eigenvalue weighted by atomic mass is 10.1. The van der Waals surface area contributed by atoms with Crippen LogP contribution in [0.25, 0.3) is 6.08 Å². The molecule has 0 aliphatic heterocycles. The summed E-state index contributed by atoms with van der Waals surface area (Å²) in [7, 11) is 6.16. The molecule has 3 rings (SSSR count). The number of hydrogen-bond donors (Lipinski definition) is 1. The smallest absolute Gasteiger partial charge is 0.319 e. The van der Waals surface area contributed by atoms with E-state index >= 15 is 0 Å². The number of nitrogens with zero attached hydrogens (tertiary/aromatic N) is 4. The highest BCUT2D eigenvalue weighted by atomic mass is 16.5. The fourth-order valence-corrected chi connectivity index (χ4v) is 2.92. The Morgan fingerprint density at radius 1 is 1.06 bits per heavy atom. The predicted octanol–water partition coefficient (Wildman–Crippen LogP) is 2.60. The summed E-state index contributed by atoms with van der Waals surface area (Å²) < 4.78 is 22.5. The lowest BCUT2D eigenvalue weighted by Gasteiger charge is -2.09. The zero-order valence-electron chi connectivity index (χ0n) is 18.4. The van der Waals surface area contributed by atoms with E-state index in [9.17, 15) is 4.79 Å². The van der Waals surface area contributed by atoms with Gasteiger partial charge in [-0.1, -0.05) is 6.07 Å². The van der Waals surface area contributed by atoms with Crippen LogP contribution < -0.4 is 24.3 Å². The van der Waals surface area contributed by atoms with E-state index in [0.717, 1.165) is 12.0 Å². The molecule has 0 spiro atoms. The Morgan fingerprint density at radius 2 is 1.88 bits per heavy atom. The number of ether oxygens (including phenoxy) is 4. The highest BCUT2D eigenvalue weighted by molar-refractivity contribution is 6.01. The molecule has 3 aromatic rings. The Balaban J connectivity index is 1.57. The van der Waals surface area contributed by atoms with Gasteiger partial charge in [-0.25, -0.2) is 4.98 Å². The molecule has 0 atom stereocenters. The molecule has 0 fully saturated rings. The highest BCUT2D eigenvalue weighted by Crippen LogP contribution is 2.27. The topological polar surface area (TPSA) is 110 Å². The van der Waals surface area contributed by atoms with E-state index in [1.807, 2.05) is 18.2 Å². The number of nitrogens with one attached hydrogen (secondary N) is 1. The first-order chi connectivity index (χ1) is 15.6. The number of hydrogen-bond acceptors (Lipinski definition) is 8. The van der Waals surface area contributed by atoms with Crippen molar-refractivity contribution in [1.82, 2.24) is 19.7 Å². The molecule has 2 aromatic heterocycles. The average Bonchev–Trinajstić information content (AvgIpc) is 3.28. The van der Waals surface area contributed by atoms with E-state index in [-0.39, 0.29) is 11.9 Å². The van der Waals surface area contributed by atoms with Crippen molar-refractivity contribution in [3.63, 3.8) is 0 Å². The maximum atomic E-state index is 12.3. The summed E-state index contributed by atoms with van der Waals surface area (Å²) in [6.45, 7) is 0.640. The van der Waals surface area contributed by atoms with Crippen molar-refractivity contribution in [3.05, 3.63) is 54.0 Å². The third kappa shape index (κ3) is 5.75. The van der Waals surface area contributed by atoms with Gasteiger partial charge >= 0.3 is 6.01 Å². The van der Waals surface area contributed by atoms with Gasteiger partial charge in [0.25, 0.3) is 0 Å². The molecule has 10 heteroatoms. The fraction of sp³-hybridized carbons (Fsp3) is 0.273. The van der Waals surface area contributed by atoms with Crippen LogP contribution in [0.3, 0.4) is 0 Å². The Morgan fingerprint density at radius 3 is 2.59 bits per heavy atom. The van der Waals surface area contributed by atoms with E-state index < -0.39 is 0 Å². The maximum Gasteiger partial charge on any atom is 0.319 e. The van der Waals surface area contributed by atoms with Gasteiger partial charge in [0.1, 0.15) is 0 Å². The van der Waals surface area contributed by atoms with Crippen molar-refractivity contribution in [2.24, 2.45) is 0 Å². The number of methoxy groups -OCH3 is 4. The summed E-state index contributed by atoms with van der Waals surface area (Å²) in [5, 5.41) is 7.07. The van der Waals surface area contributed by atoms with Crippen molar-refractivity contribution >= 4 is 17.7 Å². The predicted molar refractivity (Wildman–Crippen MR) is 118 cm³/mol. The second kappa shape index (κ2) is 10.8. The Kier molecular flexibility index (Phi) is 7.63. The lowest BCUT2D eigenvalue weighted by molar-refractivity contribution is -0.111. The van der Waals surface area contributed by atoms with E-state index in [2.05, 4.69) is 20.4 Å². The molecule has 0 bridgehead atoms. The second-order valence-electron chi connectivity index (χ2n) is 6.58. The van der Waals surface area contributed by atoms with Crippen LogP contribution in [0.5, 0.6) is 23.4 Å². The summed E-state index contributed by atoms with van der Waals surface area (Å²) >= 11 is 0. The molecule has 10 nitrogen and oxygen atoms in total. The van der Waals surface area contributed by atoms with Crippen LogP contribution >= 0.6 is 0 Å². The van der Waals surface area contributed by atoms with E-state index in [4.69, 9.17) is 18.9 Å². The molecule has 1 amide bonds. The number of aromatic nitrogens is 4. The summed E-state index contributed by atoms with van der Waals surface area (Å²) in [4.78, 5) is 20.3. The zero-order chi connectivity index (χ0) is 22.9. The summed E-state index contributed by atoms with van der Waals surface area (Å²) in [5.74, 6) is 1.36. The monoisotopic (exact) mass is 439 g/mol. The van der Waals surface area contributed by atoms with Crippen LogP contribution in [0.4, 0.5) is 5.69 Å². The molecule has 0 radical (unpaired) electrons. The minimum atomic E-state index is -0.317. The minimum absolute atomic E-state index is 0.184. The fourth-order valence-electron chi connectivity index (χ4n) is 2.92. The van der Waals surface area contributed by atoms with Crippen LogP contribution in [-0.2, 0) is 17.8 Å². The normalized spacial score (nSPS) is 10.8. The van der Waals surface area contributed by atoms with E-state index in [0.29, 0.717) is 35.2 Å². The van der Waals surface area contributed by atoms with Crippen LogP contribution in [0, 0.1) is 0 Å². The third-order valence-electron chi connectivity index (χ3n) is 4.53. The Bertz CT molecular complexity index is 1100. The molecule has 1 aromatic carbocycles. The first kappa shape index (κ1) is 22.6. The molecule has 2 heterocycles. The first-order valence-corrected chi connectivity index (χ1v) is 9.73. The number of aryl methyl sites for hydroxylation is 2. The number of rotatable bonds is 10. The molecule has 1 N–H and O–H groups in total. The van der Waals surface area contributed by atoms with Crippen molar-refractivity contribution < 1.29 is 23.7 Å². The van der Waals surface area contributed by atoms with Gasteiger partial charge in [0.2, 0.25) is 11.8 Å².